The van der Waals surface area contributed by atoms with Gasteiger partial charge in [0.05, 0.1) is 12.8 Å². The average Bonchev–Trinajstić information content (AvgIpc) is 2.71. The molecule has 2 rings (SSSR count). The molecule has 1 N–H and O–H groups in total. The quantitative estimate of drug-likeness (QED) is 0.598. The summed E-state index contributed by atoms with van der Waals surface area (Å²) in [4.78, 5) is 12.5. The zero-order valence-corrected chi connectivity index (χ0v) is 17.3. The number of methoxy groups -OCH3 is 1. The molecule has 1 aromatic heterocycles. The van der Waals surface area contributed by atoms with Gasteiger partial charge in [0, 0.05) is 25.8 Å². The summed E-state index contributed by atoms with van der Waals surface area (Å²) in [5.74, 6) is 1.31. The van der Waals surface area contributed by atoms with Crippen molar-refractivity contribution >= 4 is 0 Å². The molecule has 0 bridgehead atoms. The van der Waals surface area contributed by atoms with Gasteiger partial charge in [0.25, 0.3) is 0 Å². The van der Waals surface area contributed by atoms with Crippen molar-refractivity contribution in [2.45, 2.75) is 33.0 Å². The molecule has 154 valence electrons. The van der Waals surface area contributed by atoms with Crippen molar-refractivity contribution in [3.8, 4) is 11.5 Å². The lowest BCUT2D eigenvalue weighted by Gasteiger charge is -2.22. The molecule has 0 spiro atoms. The van der Waals surface area contributed by atoms with E-state index in [-0.39, 0.29) is 6.61 Å². The van der Waals surface area contributed by atoms with E-state index in [1.807, 2.05) is 31.3 Å². The van der Waals surface area contributed by atoms with Crippen LogP contribution in [-0.4, -0.2) is 71.4 Å². The third kappa shape index (κ3) is 7.07. The fourth-order valence-electron chi connectivity index (χ4n) is 3.00. The van der Waals surface area contributed by atoms with Crippen molar-refractivity contribution < 1.29 is 14.6 Å². The van der Waals surface area contributed by atoms with E-state index in [4.69, 9.17) is 9.47 Å². The fourth-order valence-corrected chi connectivity index (χ4v) is 3.00. The maximum Gasteiger partial charge on any atom is 0.161 e. The largest absolute Gasteiger partial charge is 0.493 e. The Hall–Kier alpha value is -2.22. The van der Waals surface area contributed by atoms with Gasteiger partial charge in [-0.2, -0.15) is 0 Å². The summed E-state index contributed by atoms with van der Waals surface area (Å²) >= 11 is 0. The molecule has 0 saturated carbocycles. The normalized spacial score (nSPS) is 12.4. The monoisotopic (exact) mass is 388 g/mol. The lowest BCUT2D eigenvalue weighted by Crippen LogP contribution is -2.35. The Morgan fingerprint density at radius 1 is 1.11 bits per heavy atom. The van der Waals surface area contributed by atoms with E-state index < -0.39 is 6.10 Å². The van der Waals surface area contributed by atoms with E-state index in [1.165, 1.54) is 0 Å². The lowest BCUT2D eigenvalue weighted by atomic mass is 10.2. The van der Waals surface area contributed by atoms with Crippen LogP contribution in [0, 0.1) is 0 Å². The van der Waals surface area contributed by atoms with Crippen LogP contribution in [0.15, 0.2) is 36.8 Å². The zero-order valence-electron chi connectivity index (χ0n) is 17.3. The molecule has 1 unspecified atom stereocenters. The molecule has 28 heavy (non-hydrogen) atoms. The first-order valence-electron chi connectivity index (χ1n) is 9.69. The minimum atomic E-state index is -0.539. The van der Waals surface area contributed by atoms with E-state index in [9.17, 15) is 5.11 Å². The summed E-state index contributed by atoms with van der Waals surface area (Å²) < 4.78 is 11.3. The SMILES string of the molecule is CCN(CC)CC(O)COc1ccc(CN(C)Cc2ccncn2)cc1OC. The Morgan fingerprint density at radius 2 is 1.89 bits per heavy atom. The Kier molecular flexibility index (Phi) is 9.13. The second-order valence-electron chi connectivity index (χ2n) is 6.81. The predicted molar refractivity (Wildman–Crippen MR) is 109 cm³/mol. The van der Waals surface area contributed by atoms with Crippen LogP contribution < -0.4 is 9.47 Å². The van der Waals surface area contributed by atoms with Gasteiger partial charge in [0.2, 0.25) is 0 Å². The lowest BCUT2D eigenvalue weighted by molar-refractivity contribution is 0.0705. The van der Waals surface area contributed by atoms with Crippen LogP contribution in [0.5, 0.6) is 11.5 Å². The molecule has 1 aromatic carbocycles. The minimum absolute atomic E-state index is 0.236. The van der Waals surface area contributed by atoms with Gasteiger partial charge < -0.3 is 19.5 Å². The highest BCUT2D eigenvalue weighted by Gasteiger charge is 2.13. The highest BCUT2D eigenvalue weighted by atomic mass is 16.5. The Labute approximate surface area is 167 Å². The highest BCUT2D eigenvalue weighted by molar-refractivity contribution is 5.43. The number of benzene rings is 1. The standard InChI is InChI=1S/C21H32N4O3/c1-5-25(6-2)14-19(26)15-28-20-8-7-17(11-21(20)27-4)12-24(3)13-18-9-10-22-16-23-18/h7-11,16,19,26H,5-6,12-15H2,1-4H3. The molecule has 0 aliphatic heterocycles. The number of likely N-dealkylation sites (N-methyl/N-ethyl adjacent to an activating group) is 1. The van der Waals surface area contributed by atoms with Gasteiger partial charge in [-0.3, -0.25) is 4.90 Å². The van der Waals surface area contributed by atoms with Crippen LogP contribution in [0.2, 0.25) is 0 Å². The number of aliphatic hydroxyl groups excluding tert-OH is 1. The number of aliphatic hydroxyl groups is 1. The van der Waals surface area contributed by atoms with Gasteiger partial charge in [-0.05, 0) is 43.9 Å². The molecule has 0 saturated heterocycles. The molecule has 2 aromatic rings. The first-order chi connectivity index (χ1) is 13.5. The van der Waals surface area contributed by atoms with E-state index >= 15 is 0 Å². The fraction of sp³-hybridized carbons (Fsp3) is 0.524. The number of hydrogen-bond donors (Lipinski definition) is 1. The summed E-state index contributed by atoms with van der Waals surface area (Å²) in [5, 5.41) is 10.2. The minimum Gasteiger partial charge on any atom is -0.493 e. The Morgan fingerprint density at radius 3 is 2.54 bits per heavy atom. The molecule has 0 aliphatic rings. The molecule has 0 aliphatic carbocycles. The van der Waals surface area contributed by atoms with Crippen molar-refractivity contribution in [2.75, 3.05) is 40.4 Å². The van der Waals surface area contributed by atoms with Crippen LogP contribution >= 0.6 is 0 Å². The highest BCUT2D eigenvalue weighted by Crippen LogP contribution is 2.28. The molecule has 0 fully saturated rings. The topological polar surface area (TPSA) is 71.0 Å². The van der Waals surface area contributed by atoms with E-state index in [0.29, 0.717) is 18.0 Å². The number of hydrogen-bond acceptors (Lipinski definition) is 7. The van der Waals surface area contributed by atoms with Crippen molar-refractivity contribution in [3.63, 3.8) is 0 Å². The molecular weight excluding hydrogens is 356 g/mol. The molecule has 7 nitrogen and oxygen atoms in total. The van der Waals surface area contributed by atoms with Gasteiger partial charge in [-0.15, -0.1) is 0 Å². The molecule has 0 amide bonds. The van der Waals surface area contributed by atoms with E-state index in [2.05, 4.69) is 33.6 Å². The van der Waals surface area contributed by atoms with Crippen molar-refractivity contribution in [1.82, 2.24) is 19.8 Å². The summed E-state index contributed by atoms with van der Waals surface area (Å²) in [7, 11) is 3.67. The number of nitrogens with zero attached hydrogens (tertiary/aromatic N) is 4. The third-order valence-corrected chi connectivity index (χ3v) is 4.55. The molecule has 0 radical (unpaired) electrons. The zero-order chi connectivity index (χ0) is 20.4. The van der Waals surface area contributed by atoms with Crippen LogP contribution in [0.25, 0.3) is 0 Å². The number of rotatable bonds is 12. The molecule has 1 heterocycles. The van der Waals surface area contributed by atoms with Crippen LogP contribution in [0.1, 0.15) is 25.1 Å². The average molecular weight is 389 g/mol. The van der Waals surface area contributed by atoms with Crippen molar-refractivity contribution in [1.29, 1.82) is 0 Å². The summed E-state index contributed by atoms with van der Waals surface area (Å²) in [6.07, 6.45) is 2.77. The second kappa shape index (κ2) is 11.6. The smallest absolute Gasteiger partial charge is 0.161 e. The molecule has 1 atom stereocenters. The molecular formula is C21H32N4O3. The van der Waals surface area contributed by atoms with Crippen LogP contribution in [-0.2, 0) is 13.1 Å². The first-order valence-corrected chi connectivity index (χ1v) is 9.69. The van der Waals surface area contributed by atoms with E-state index in [1.54, 1.807) is 19.6 Å². The van der Waals surface area contributed by atoms with Crippen LogP contribution in [0.3, 0.4) is 0 Å². The van der Waals surface area contributed by atoms with Gasteiger partial charge in [0.1, 0.15) is 19.0 Å². The van der Waals surface area contributed by atoms with Crippen LogP contribution in [0.4, 0.5) is 0 Å². The summed E-state index contributed by atoms with van der Waals surface area (Å²) in [6, 6.07) is 7.81. The van der Waals surface area contributed by atoms with E-state index in [0.717, 1.165) is 37.4 Å². The van der Waals surface area contributed by atoms with Gasteiger partial charge >= 0.3 is 0 Å². The Bertz CT molecular complexity index is 695. The predicted octanol–water partition coefficient (Wildman–Crippen LogP) is 2.20. The maximum atomic E-state index is 10.2. The molecule has 7 heteroatoms. The third-order valence-electron chi connectivity index (χ3n) is 4.55. The van der Waals surface area contributed by atoms with Gasteiger partial charge in [-0.25, -0.2) is 9.97 Å². The number of aromatic nitrogens is 2. The van der Waals surface area contributed by atoms with Gasteiger partial charge in [-0.1, -0.05) is 19.9 Å². The summed E-state index contributed by atoms with van der Waals surface area (Å²) in [5.41, 5.74) is 2.09. The van der Waals surface area contributed by atoms with Gasteiger partial charge in [0.15, 0.2) is 11.5 Å². The van der Waals surface area contributed by atoms with Crippen molar-refractivity contribution in [2.24, 2.45) is 0 Å². The number of ether oxygens (including phenoxy) is 2. The van der Waals surface area contributed by atoms with Crippen molar-refractivity contribution in [3.05, 3.63) is 48.0 Å². The Balaban J connectivity index is 1.92. The first kappa shape index (κ1) is 22.1. The second-order valence-corrected chi connectivity index (χ2v) is 6.81. The maximum absolute atomic E-state index is 10.2. The summed E-state index contributed by atoms with van der Waals surface area (Å²) in [6.45, 7) is 8.32.